The Bertz CT molecular complexity index is 1690. The molecule has 0 saturated heterocycles. The summed E-state index contributed by atoms with van der Waals surface area (Å²) in [7, 11) is 0. The Morgan fingerprint density at radius 2 is 1.87 bits per heavy atom. The SMILES string of the molecule is O=C1Nc2cc(C=CCNC(=O)c3cccn(Cc4ccc(F)c(F)c4)c3=O)ccc2C1=Cc1cccnc1. The van der Waals surface area contributed by atoms with Crippen LogP contribution in [0.25, 0.3) is 17.7 Å². The van der Waals surface area contributed by atoms with E-state index >= 15 is 0 Å². The van der Waals surface area contributed by atoms with Crippen LogP contribution in [-0.4, -0.2) is 27.9 Å². The van der Waals surface area contributed by atoms with E-state index < -0.39 is 23.1 Å². The second kappa shape index (κ2) is 11.1. The Morgan fingerprint density at radius 1 is 1.00 bits per heavy atom. The van der Waals surface area contributed by atoms with Crippen molar-refractivity contribution >= 4 is 35.2 Å². The van der Waals surface area contributed by atoms with Crippen LogP contribution in [0.3, 0.4) is 0 Å². The molecular formula is C30H22F2N4O3. The summed E-state index contributed by atoms with van der Waals surface area (Å²) in [5.41, 5.74) is 3.45. The van der Waals surface area contributed by atoms with Crippen molar-refractivity contribution in [3.8, 4) is 0 Å². The van der Waals surface area contributed by atoms with E-state index in [1.807, 2.05) is 24.3 Å². The first-order valence-corrected chi connectivity index (χ1v) is 12.0. The lowest BCUT2D eigenvalue weighted by molar-refractivity contribution is -0.110. The number of carbonyl (C=O) groups is 2. The second-order valence-electron chi connectivity index (χ2n) is 8.82. The highest BCUT2D eigenvalue weighted by Gasteiger charge is 2.24. The van der Waals surface area contributed by atoms with Gasteiger partial charge in [-0.05, 0) is 59.2 Å². The van der Waals surface area contributed by atoms with Gasteiger partial charge in [-0.25, -0.2) is 8.78 Å². The summed E-state index contributed by atoms with van der Waals surface area (Å²) in [4.78, 5) is 41.9. The van der Waals surface area contributed by atoms with Crippen molar-refractivity contribution in [2.75, 3.05) is 11.9 Å². The number of benzene rings is 2. The number of anilines is 1. The van der Waals surface area contributed by atoms with E-state index in [1.54, 1.807) is 42.8 Å². The molecule has 39 heavy (non-hydrogen) atoms. The molecular weight excluding hydrogens is 502 g/mol. The summed E-state index contributed by atoms with van der Waals surface area (Å²) >= 11 is 0. The van der Waals surface area contributed by atoms with E-state index in [0.717, 1.165) is 28.8 Å². The molecule has 1 aliphatic rings. The van der Waals surface area contributed by atoms with Crippen LogP contribution in [0, 0.1) is 11.6 Å². The van der Waals surface area contributed by atoms with Gasteiger partial charge in [0.15, 0.2) is 11.6 Å². The normalized spacial score (nSPS) is 13.5. The number of amides is 2. The van der Waals surface area contributed by atoms with Gasteiger partial charge < -0.3 is 15.2 Å². The van der Waals surface area contributed by atoms with E-state index in [2.05, 4.69) is 15.6 Å². The van der Waals surface area contributed by atoms with Crippen LogP contribution in [-0.2, 0) is 11.3 Å². The fourth-order valence-corrected chi connectivity index (χ4v) is 4.20. The van der Waals surface area contributed by atoms with E-state index in [4.69, 9.17) is 0 Å². The summed E-state index contributed by atoms with van der Waals surface area (Å²) < 4.78 is 27.9. The zero-order valence-electron chi connectivity index (χ0n) is 20.5. The molecule has 9 heteroatoms. The number of pyridine rings is 2. The van der Waals surface area contributed by atoms with E-state index in [9.17, 15) is 23.2 Å². The number of aromatic nitrogens is 2. The highest BCUT2D eigenvalue weighted by Crippen LogP contribution is 2.34. The molecule has 2 aromatic carbocycles. The Morgan fingerprint density at radius 3 is 2.67 bits per heavy atom. The molecule has 5 rings (SSSR count). The molecule has 0 spiro atoms. The van der Waals surface area contributed by atoms with Gasteiger partial charge in [-0.3, -0.25) is 19.4 Å². The van der Waals surface area contributed by atoms with E-state index in [1.165, 1.54) is 22.9 Å². The number of hydrogen-bond acceptors (Lipinski definition) is 4. The highest BCUT2D eigenvalue weighted by atomic mass is 19.2. The molecule has 2 N–H and O–H groups in total. The average molecular weight is 525 g/mol. The lowest BCUT2D eigenvalue weighted by atomic mass is 10.0. The number of rotatable bonds is 7. The van der Waals surface area contributed by atoms with Gasteiger partial charge in [0.2, 0.25) is 0 Å². The van der Waals surface area contributed by atoms with Crippen molar-refractivity contribution in [1.29, 1.82) is 0 Å². The van der Waals surface area contributed by atoms with Crippen LogP contribution < -0.4 is 16.2 Å². The average Bonchev–Trinajstić information content (AvgIpc) is 3.24. The Hall–Kier alpha value is -5.18. The monoisotopic (exact) mass is 524 g/mol. The van der Waals surface area contributed by atoms with Gasteiger partial charge in [0.25, 0.3) is 17.4 Å². The van der Waals surface area contributed by atoms with Crippen LogP contribution in [0.5, 0.6) is 0 Å². The Labute approximate surface area is 222 Å². The second-order valence-corrected chi connectivity index (χ2v) is 8.82. The molecule has 2 aromatic heterocycles. The molecule has 0 fully saturated rings. The van der Waals surface area contributed by atoms with Gasteiger partial charge in [-0.15, -0.1) is 0 Å². The molecule has 2 amide bonds. The van der Waals surface area contributed by atoms with E-state index in [0.29, 0.717) is 16.8 Å². The minimum Gasteiger partial charge on any atom is -0.348 e. The van der Waals surface area contributed by atoms with Gasteiger partial charge in [-0.1, -0.05) is 36.4 Å². The highest BCUT2D eigenvalue weighted by molar-refractivity contribution is 6.35. The first-order chi connectivity index (χ1) is 18.9. The molecule has 4 aromatic rings. The van der Waals surface area contributed by atoms with E-state index in [-0.39, 0.29) is 24.6 Å². The standard InChI is InChI=1S/C30H22F2N4O3/c31-25-10-8-21(15-26(25)32)18-36-13-3-6-23(30(36)39)28(37)34-12-2-4-19-7-9-22-24(29(38)35-27(22)16-19)14-20-5-1-11-33-17-20/h1-11,13-17H,12,18H2,(H,34,37)(H,35,38). The summed E-state index contributed by atoms with van der Waals surface area (Å²) in [5.74, 6) is -2.73. The van der Waals surface area contributed by atoms with Gasteiger partial charge in [-0.2, -0.15) is 0 Å². The minimum absolute atomic E-state index is 0.00887. The number of nitrogens with one attached hydrogen (secondary N) is 2. The van der Waals surface area contributed by atoms with Crippen molar-refractivity contribution in [3.63, 3.8) is 0 Å². The van der Waals surface area contributed by atoms with Crippen LogP contribution in [0.2, 0.25) is 0 Å². The summed E-state index contributed by atoms with van der Waals surface area (Å²) in [6.07, 6.45) is 10.1. The molecule has 0 atom stereocenters. The number of carbonyl (C=O) groups excluding carboxylic acids is 2. The largest absolute Gasteiger partial charge is 0.348 e. The van der Waals surface area contributed by atoms with Crippen molar-refractivity contribution in [2.24, 2.45) is 0 Å². The van der Waals surface area contributed by atoms with Crippen LogP contribution in [0.15, 0.2) is 90.1 Å². The number of halogens is 2. The van der Waals surface area contributed by atoms with Crippen molar-refractivity contribution < 1.29 is 18.4 Å². The summed E-state index contributed by atoms with van der Waals surface area (Å²) in [6, 6.07) is 15.6. The van der Waals surface area contributed by atoms with Gasteiger partial charge in [0.1, 0.15) is 5.56 Å². The topological polar surface area (TPSA) is 93.1 Å². The molecule has 0 bridgehead atoms. The maximum atomic E-state index is 13.5. The maximum Gasteiger partial charge on any atom is 0.263 e. The van der Waals surface area contributed by atoms with Crippen LogP contribution >= 0.6 is 0 Å². The smallest absolute Gasteiger partial charge is 0.263 e. The summed E-state index contributed by atoms with van der Waals surface area (Å²) in [5, 5.41) is 5.54. The summed E-state index contributed by atoms with van der Waals surface area (Å²) in [6.45, 7) is 0.150. The van der Waals surface area contributed by atoms with Crippen molar-refractivity contribution in [2.45, 2.75) is 6.54 Å². The van der Waals surface area contributed by atoms with Crippen LogP contribution in [0.4, 0.5) is 14.5 Å². The lowest BCUT2D eigenvalue weighted by Crippen LogP contribution is -2.33. The minimum atomic E-state index is -1.01. The number of hydrogen-bond donors (Lipinski definition) is 2. The van der Waals surface area contributed by atoms with Crippen molar-refractivity contribution in [3.05, 3.63) is 135 Å². The van der Waals surface area contributed by atoms with Crippen molar-refractivity contribution in [1.82, 2.24) is 14.9 Å². The third-order valence-electron chi connectivity index (χ3n) is 6.11. The zero-order chi connectivity index (χ0) is 27.4. The molecule has 194 valence electrons. The molecule has 0 radical (unpaired) electrons. The quantitative estimate of drug-likeness (QED) is 0.348. The predicted molar refractivity (Wildman–Crippen MR) is 145 cm³/mol. The van der Waals surface area contributed by atoms with Gasteiger partial charge >= 0.3 is 0 Å². The Kier molecular flexibility index (Phi) is 7.22. The first kappa shape index (κ1) is 25.5. The number of nitrogens with zero attached hydrogens (tertiary/aromatic N) is 2. The number of fused-ring (bicyclic) bond motifs is 1. The van der Waals surface area contributed by atoms with Gasteiger partial charge in [0.05, 0.1) is 6.54 Å². The maximum absolute atomic E-state index is 13.5. The fourth-order valence-electron chi connectivity index (χ4n) is 4.20. The molecule has 7 nitrogen and oxygen atoms in total. The molecule has 3 heterocycles. The molecule has 0 unspecified atom stereocenters. The first-order valence-electron chi connectivity index (χ1n) is 12.0. The fraction of sp³-hybridized carbons (Fsp3) is 0.0667. The molecule has 0 aliphatic carbocycles. The van der Waals surface area contributed by atoms with Gasteiger partial charge in [0, 0.05) is 42.0 Å². The molecule has 1 aliphatic heterocycles. The van der Waals surface area contributed by atoms with Crippen LogP contribution in [0.1, 0.15) is 32.6 Å². The zero-order valence-corrected chi connectivity index (χ0v) is 20.5. The lowest BCUT2D eigenvalue weighted by Gasteiger charge is -2.09. The third kappa shape index (κ3) is 5.72. The molecule has 0 saturated carbocycles. The third-order valence-corrected chi connectivity index (χ3v) is 6.11. The Balaban J connectivity index is 1.22. The predicted octanol–water partition coefficient (Wildman–Crippen LogP) is 4.51.